The van der Waals surface area contributed by atoms with Crippen LogP contribution in [0.3, 0.4) is 0 Å². The van der Waals surface area contributed by atoms with Crippen LogP contribution >= 0.6 is 11.3 Å². The lowest BCUT2D eigenvalue weighted by Gasteiger charge is -2.13. The lowest BCUT2D eigenvalue weighted by molar-refractivity contribution is -0.274. The van der Waals surface area contributed by atoms with Crippen molar-refractivity contribution < 1.29 is 31.4 Å². The van der Waals surface area contributed by atoms with Crippen LogP contribution in [0.2, 0.25) is 0 Å². The van der Waals surface area contributed by atoms with Gasteiger partial charge in [0.05, 0.1) is 4.90 Å². The highest BCUT2D eigenvalue weighted by Crippen LogP contribution is 2.25. The molecule has 24 heavy (non-hydrogen) atoms. The molecule has 0 radical (unpaired) electrons. The molecule has 0 fully saturated rings. The molecule has 0 saturated heterocycles. The molecule has 0 aliphatic carbocycles. The Balaban J connectivity index is 2.03. The number of benzene rings is 1. The molecule has 1 atom stereocenters. The third-order valence-electron chi connectivity index (χ3n) is 3.04. The minimum absolute atomic E-state index is 0.230. The minimum atomic E-state index is -4.85. The van der Waals surface area contributed by atoms with Crippen molar-refractivity contribution in [2.24, 2.45) is 0 Å². The maximum Gasteiger partial charge on any atom is 0.573 e. The SMILES string of the molecule is Cc1ccsc1C(O)CNS(=O)(=O)c1ccc(OC(F)(F)F)cc1. The molecule has 10 heteroatoms. The lowest BCUT2D eigenvalue weighted by Crippen LogP contribution is -2.28. The zero-order valence-corrected chi connectivity index (χ0v) is 14.0. The molecule has 2 aromatic rings. The third-order valence-corrected chi connectivity index (χ3v) is 5.60. The van der Waals surface area contributed by atoms with E-state index in [1.807, 2.05) is 0 Å². The van der Waals surface area contributed by atoms with Gasteiger partial charge in [-0.25, -0.2) is 13.1 Å². The summed E-state index contributed by atoms with van der Waals surface area (Å²) >= 11 is 1.30. The molecule has 0 spiro atoms. The number of thiophene rings is 1. The lowest BCUT2D eigenvalue weighted by atomic mass is 10.2. The van der Waals surface area contributed by atoms with Crippen LogP contribution in [-0.4, -0.2) is 26.4 Å². The van der Waals surface area contributed by atoms with Crippen LogP contribution in [0.15, 0.2) is 40.6 Å². The number of hydrogen-bond donors (Lipinski definition) is 2. The van der Waals surface area contributed by atoms with E-state index < -0.39 is 28.2 Å². The molecule has 132 valence electrons. The second-order valence-corrected chi connectivity index (χ2v) is 7.57. The Morgan fingerprint density at radius 1 is 1.25 bits per heavy atom. The maximum atomic E-state index is 12.1. The van der Waals surface area contributed by atoms with Gasteiger partial charge in [0.15, 0.2) is 0 Å². The smallest absolute Gasteiger partial charge is 0.406 e. The van der Waals surface area contributed by atoms with E-state index in [0.29, 0.717) is 4.88 Å². The zero-order valence-electron chi connectivity index (χ0n) is 12.4. The first-order valence-electron chi connectivity index (χ1n) is 6.66. The molecular weight excluding hydrogens is 367 g/mol. The Hall–Kier alpha value is -1.62. The zero-order chi connectivity index (χ0) is 18.0. The van der Waals surface area contributed by atoms with E-state index >= 15 is 0 Å². The molecule has 1 aromatic heterocycles. The number of aliphatic hydroxyl groups is 1. The first-order valence-corrected chi connectivity index (χ1v) is 9.02. The van der Waals surface area contributed by atoms with Gasteiger partial charge in [0.1, 0.15) is 11.9 Å². The van der Waals surface area contributed by atoms with Crippen molar-refractivity contribution in [1.29, 1.82) is 0 Å². The third kappa shape index (κ3) is 4.94. The number of rotatable bonds is 6. The Morgan fingerprint density at radius 2 is 1.88 bits per heavy atom. The standard InChI is InChI=1S/C14H14F3NO4S2/c1-9-6-7-23-13(9)12(19)8-18-24(20,21)11-4-2-10(3-5-11)22-14(15,16)17/h2-7,12,18-19H,8H2,1H3. The molecule has 1 unspecified atom stereocenters. The van der Waals surface area contributed by atoms with Gasteiger partial charge in [0.2, 0.25) is 10.0 Å². The maximum absolute atomic E-state index is 12.1. The van der Waals surface area contributed by atoms with Crippen LogP contribution in [0.25, 0.3) is 0 Å². The van der Waals surface area contributed by atoms with Crippen molar-refractivity contribution in [3.8, 4) is 5.75 Å². The van der Waals surface area contributed by atoms with Gasteiger partial charge in [-0.15, -0.1) is 24.5 Å². The summed E-state index contributed by atoms with van der Waals surface area (Å²) in [4.78, 5) is 0.416. The first-order chi connectivity index (χ1) is 11.1. The average molecular weight is 381 g/mol. The average Bonchev–Trinajstić information content (AvgIpc) is 2.90. The summed E-state index contributed by atoms with van der Waals surface area (Å²) < 4.78 is 66.3. The number of aliphatic hydroxyl groups excluding tert-OH is 1. The van der Waals surface area contributed by atoms with E-state index in [9.17, 15) is 26.7 Å². The summed E-state index contributed by atoms with van der Waals surface area (Å²) in [7, 11) is -3.96. The fourth-order valence-electron chi connectivity index (χ4n) is 1.91. The first kappa shape index (κ1) is 18.7. The van der Waals surface area contributed by atoms with Crippen molar-refractivity contribution in [2.45, 2.75) is 24.3 Å². The largest absolute Gasteiger partial charge is 0.573 e. The van der Waals surface area contributed by atoms with Gasteiger partial charge in [-0.2, -0.15) is 0 Å². The molecule has 0 bridgehead atoms. The van der Waals surface area contributed by atoms with Gasteiger partial charge in [-0.05, 0) is 48.2 Å². The molecule has 1 aromatic carbocycles. The molecule has 0 saturated carbocycles. The Morgan fingerprint density at radius 3 is 2.38 bits per heavy atom. The number of ether oxygens (including phenoxy) is 1. The van der Waals surface area contributed by atoms with Gasteiger partial charge in [0.25, 0.3) is 0 Å². The predicted molar refractivity (Wildman–Crippen MR) is 82.3 cm³/mol. The Kier molecular flexibility index (Phi) is 5.53. The molecule has 2 N–H and O–H groups in total. The van der Waals surface area contributed by atoms with Gasteiger partial charge in [0, 0.05) is 11.4 Å². The van der Waals surface area contributed by atoms with Crippen molar-refractivity contribution in [3.63, 3.8) is 0 Å². The van der Waals surface area contributed by atoms with Gasteiger partial charge in [-0.1, -0.05) is 0 Å². The van der Waals surface area contributed by atoms with Crippen LogP contribution in [-0.2, 0) is 10.0 Å². The van der Waals surface area contributed by atoms with Gasteiger partial charge < -0.3 is 9.84 Å². The summed E-state index contributed by atoms with van der Waals surface area (Å²) in [6.45, 7) is 1.55. The summed E-state index contributed by atoms with van der Waals surface area (Å²) in [5.74, 6) is -0.518. The highest BCUT2D eigenvalue weighted by Gasteiger charge is 2.31. The molecule has 0 aliphatic heterocycles. The Labute approximate surface area is 140 Å². The van der Waals surface area contributed by atoms with Gasteiger partial charge in [-0.3, -0.25) is 0 Å². The molecule has 5 nitrogen and oxygen atoms in total. The summed E-state index contributed by atoms with van der Waals surface area (Å²) in [6, 6.07) is 5.60. The fourth-order valence-corrected chi connectivity index (χ4v) is 3.86. The quantitative estimate of drug-likeness (QED) is 0.807. The number of aryl methyl sites for hydroxylation is 1. The predicted octanol–water partition coefficient (Wildman–Crippen LogP) is 2.97. The number of hydrogen-bond acceptors (Lipinski definition) is 5. The van der Waals surface area contributed by atoms with Crippen LogP contribution in [0, 0.1) is 6.92 Å². The van der Waals surface area contributed by atoms with Crippen molar-refractivity contribution in [3.05, 3.63) is 46.2 Å². The molecule has 0 aliphatic rings. The topological polar surface area (TPSA) is 75.6 Å². The number of halogens is 3. The second-order valence-electron chi connectivity index (χ2n) is 4.85. The van der Waals surface area contributed by atoms with E-state index in [1.54, 1.807) is 18.4 Å². The van der Waals surface area contributed by atoms with Crippen LogP contribution in [0.5, 0.6) is 5.75 Å². The van der Waals surface area contributed by atoms with Crippen LogP contribution < -0.4 is 9.46 Å². The van der Waals surface area contributed by atoms with E-state index in [0.717, 1.165) is 29.8 Å². The van der Waals surface area contributed by atoms with E-state index in [4.69, 9.17) is 0 Å². The van der Waals surface area contributed by atoms with E-state index in [2.05, 4.69) is 9.46 Å². The monoisotopic (exact) mass is 381 g/mol. The normalized spacial score (nSPS) is 13.7. The highest BCUT2D eigenvalue weighted by molar-refractivity contribution is 7.89. The van der Waals surface area contributed by atoms with Gasteiger partial charge >= 0.3 is 6.36 Å². The van der Waals surface area contributed by atoms with Crippen LogP contribution in [0.1, 0.15) is 16.5 Å². The van der Waals surface area contributed by atoms with Crippen LogP contribution in [0.4, 0.5) is 13.2 Å². The molecular formula is C14H14F3NO4S2. The number of nitrogens with one attached hydrogen (secondary N) is 1. The molecule has 2 rings (SSSR count). The molecule has 1 heterocycles. The number of sulfonamides is 1. The van der Waals surface area contributed by atoms with Crippen molar-refractivity contribution in [2.75, 3.05) is 6.54 Å². The molecule has 0 amide bonds. The minimum Gasteiger partial charge on any atom is -0.406 e. The van der Waals surface area contributed by atoms with Crippen molar-refractivity contribution >= 4 is 21.4 Å². The van der Waals surface area contributed by atoms with E-state index in [1.165, 1.54) is 11.3 Å². The highest BCUT2D eigenvalue weighted by atomic mass is 32.2. The fraction of sp³-hybridized carbons (Fsp3) is 0.286. The van der Waals surface area contributed by atoms with E-state index in [-0.39, 0.29) is 11.4 Å². The van der Waals surface area contributed by atoms with Crippen molar-refractivity contribution in [1.82, 2.24) is 4.72 Å². The Bertz CT molecular complexity index is 785. The summed E-state index contributed by atoms with van der Waals surface area (Å²) in [6.07, 6.45) is -5.85. The summed E-state index contributed by atoms with van der Waals surface area (Å²) in [5.41, 5.74) is 0.848. The summed E-state index contributed by atoms with van der Waals surface area (Å²) in [5, 5.41) is 11.8. The number of alkyl halides is 3. The second kappa shape index (κ2) is 7.09.